The molecule has 0 aliphatic heterocycles. The number of aromatic nitrogens is 1. The standard InChI is InChI=1S/C12H16N2O2/c1-12(2,8-5-6-8)14-11(16)10-9(15)4-3-7-13-10/h3-4,7-8,15H,5-6H2,1-2H3,(H,14,16). The van der Waals surface area contributed by atoms with Gasteiger partial charge in [-0.2, -0.15) is 0 Å². The van der Waals surface area contributed by atoms with Crippen molar-refractivity contribution >= 4 is 5.91 Å². The summed E-state index contributed by atoms with van der Waals surface area (Å²) >= 11 is 0. The van der Waals surface area contributed by atoms with Crippen molar-refractivity contribution in [2.75, 3.05) is 0 Å². The first-order valence-corrected chi connectivity index (χ1v) is 5.47. The topological polar surface area (TPSA) is 62.2 Å². The van der Waals surface area contributed by atoms with Crippen LogP contribution < -0.4 is 5.32 Å². The normalized spacial score (nSPS) is 15.9. The maximum atomic E-state index is 11.9. The van der Waals surface area contributed by atoms with Crippen LogP contribution in [0, 0.1) is 5.92 Å². The van der Waals surface area contributed by atoms with Gasteiger partial charge in [0.1, 0.15) is 5.75 Å². The average molecular weight is 220 g/mol. The number of rotatable bonds is 3. The quantitative estimate of drug-likeness (QED) is 0.815. The molecule has 4 heteroatoms. The fourth-order valence-electron chi connectivity index (χ4n) is 1.83. The van der Waals surface area contributed by atoms with Gasteiger partial charge in [0.25, 0.3) is 5.91 Å². The van der Waals surface area contributed by atoms with Crippen molar-refractivity contribution in [3.8, 4) is 5.75 Å². The Balaban J connectivity index is 2.11. The fraction of sp³-hybridized carbons (Fsp3) is 0.500. The molecule has 0 aromatic carbocycles. The van der Waals surface area contributed by atoms with Gasteiger partial charge in [-0.05, 0) is 44.7 Å². The molecule has 1 aliphatic carbocycles. The van der Waals surface area contributed by atoms with Crippen molar-refractivity contribution in [3.05, 3.63) is 24.0 Å². The first kappa shape index (κ1) is 10.9. The average Bonchev–Trinajstić information content (AvgIpc) is 3.00. The molecule has 4 nitrogen and oxygen atoms in total. The Morgan fingerprint density at radius 2 is 2.25 bits per heavy atom. The third kappa shape index (κ3) is 2.15. The summed E-state index contributed by atoms with van der Waals surface area (Å²) in [6, 6.07) is 3.06. The molecule has 1 aromatic heterocycles. The minimum absolute atomic E-state index is 0.0772. The first-order valence-electron chi connectivity index (χ1n) is 5.47. The molecule has 1 heterocycles. The third-order valence-corrected chi connectivity index (χ3v) is 3.04. The monoisotopic (exact) mass is 220 g/mol. The number of hydrogen-bond acceptors (Lipinski definition) is 3. The Hall–Kier alpha value is -1.58. The van der Waals surface area contributed by atoms with Gasteiger partial charge in [0, 0.05) is 11.7 Å². The van der Waals surface area contributed by atoms with Crippen LogP contribution in [0.15, 0.2) is 18.3 Å². The molecule has 16 heavy (non-hydrogen) atoms. The summed E-state index contributed by atoms with van der Waals surface area (Å²) in [6.45, 7) is 4.01. The van der Waals surface area contributed by atoms with E-state index < -0.39 is 0 Å². The van der Waals surface area contributed by atoms with Gasteiger partial charge in [-0.15, -0.1) is 0 Å². The lowest BCUT2D eigenvalue weighted by molar-refractivity contribution is 0.0895. The van der Waals surface area contributed by atoms with E-state index >= 15 is 0 Å². The Labute approximate surface area is 94.7 Å². The summed E-state index contributed by atoms with van der Waals surface area (Å²) in [5.74, 6) is 0.156. The van der Waals surface area contributed by atoms with Gasteiger partial charge in [0.05, 0.1) is 0 Å². The van der Waals surface area contributed by atoms with E-state index in [0.29, 0.717) is 5.92 Å². The number of hydrogen-bond donors (Lipinski definition) is 2. The highest BCUT2D eigenvalue weighted by Gasteiger charge is 2.39. The number of amides is 1. The van der Waals surface area contributed by atoms with Crippen LogP contribution in [0.25, 0.3) is 0 Å². The van der Waals surface area contributed by atoms with E-state index in [1.165, 1.54) is 12.3 Å². The molecule has 1 aliphatic rings. The van der Waals surface area contributed by atoms with Crippen LogP contribution >= 0.6 is 0 Å². The van der Waals surface area contributed by atoms with Crippen LogP contribution in [0.2, 0.25) is 0 Å². The largest absolute Gasteiger partial charge is 0.505 e. The van der Waals surface area contributed by atoms with E-state index in [1.807, 2.05) is 13.8 Å². The number of pyridine rings is 1. The third-order valence-electron chi connectivity index (χ3n) is 3.04. The lowest BCUT2D eigenvalue weighted by atomic mass is 9.98. The predicted octanol–water partition coefficient (Wildman–Crippen LogP) is 1.71. The zero-order chi connectivity index (χ0) is 11.8. The molecule has 0 atom stereocenters. The number of nitrogens with zero attached hydrogens (tertiary/aromatic N) is 1. The molecule has 2 N–H and O–H groups in total. The highest BCUT2D eigenvalue weighted by atomic mass is 16.3. The van der Waals surface area contributed by atoms with Gasteiger partial charge < -0.3 is 10.4 Å². The fourth-order valence-corrected chi connectivity index (χ4v) is 1.83. The van der Waals surface area contributed by atoms with E-state index in [-0.39, 0.29) is 22.9 Å². The molecule has 86 valence electrons. The Morgan fingerprint density at radius 3 is 2.81 bits per heavy atom. The smallest absolute Gasteiger partial charge is 0.274 e. The van der Waals surface area contributed by atoms with Crippen LogP contribution in [0.5, 0.6) is 5.75 Å². The maximum absolute atomic E-state index is 11.9. The van der Waals surface area contributed by atoms with Gasteiger partial charge in [-0.1, -0.05) is 0 Å². The lowest BCUT2D eigenvalue weighted by Crippen LogP contribution is -2.45. The van der Waals surface area contributed by atoms with Gasteiger partial charge in [-0.25, -0.2) is 4.98 Å². The van der Waals surface area contributed by atoms with Crippen LogP contribution in [-0.2, 0) is 0 Å². The van der Waals surface area contributed by atoms with Crippen LogP contribution in [0.4, 0.5) is 0 Å². The van der Waals surface area contributed by atoms with Crippen LogP contribution in [0.1, 0.15) is 37.2 Å². The molecule has 1 aromatic rings. The Bertz CT molecular complexity index is 411. The van der Waals surface area contributed by atoms with Gasteiger partial charge in [0.2, 0.25) is 0 Å². The van der Waals surface area contributed by atoms with Gasteiger partial charge in [0.15, 0.2) is 5.69 Å². The predicted molar refractivity (Wildman–Crippen MR) is 60.2 cm³/mol. The molecule has 1 fully saturated rings. The summed E-state index contributed by atoms with van der Waals surface area (Å²) < 4.78 is 0. The number of carbonyl (C=O) groups excluding carboxylic acids is 1. The summed E-state index contributed by atoms with van der Waals surface area (Å²) in [6.07, 6.45) is 3.81. The van der Waals surface area contributed by atoms with Crippen molar-refractivity contribution in [3.63, 3.8) is 0 Å². The van der Waals surface area contributed by atoms with E-state index in [1.54, 1.807) is 6.07 Å². The molecule has 0 saturated heterocycles. The van der Waals surface area contributed by atoms with Crippen molar-refractivity contribution < 1.29 is 9.90 Å². The molecule has 0 spiro atoms. The Morgan fingerprint density at radius 1 is 1.56 bits per heavy atom. The van der Waals surface area contributed by atoms with Crippen LogP contribution in [0.3, 0.4) is 0 Å². The van der Waals surface area contributed by atoms with E-state index in [4.69, 9.17) is 0 Å². The lowest BCUT2D eigenvalue weighted by Gasteiger charge is -2.25. The van der Waals surface area contributed by atoms with Gasteiger partial charge in [-0.3, -0.25) is 4.79 Å². The van der Waals surface area contributed by atoms with E-state index in [9.17, 15) is 9.90 Å². The van der Waals surface area contributed by atoms with Crippen LogP contribution in [-0.4, -0.2) is 21.5 Å². The number of nitrogens with one attached hydrogen (secondary N) is 1. The highest BCUT2D eigenvalue weighted by Crippen LogP contribution is 2.39. The number of aromatic hydroxyl groups is 1. The zero-order valence-electron chi connectivity index (χ0n) is 9.53. The molecule has 0 unspecified atom stereocenters. The molecule has 0 bridgehead atoms. The molecule has 1 amide bonds. The second kappa shape index (κ2) is 3.77. The summed E-state index contributed by atoms with van der Waals surface area (Å²) in [5, 5.41) is 12.4. The Kier molecular flexibility index (Phi) is 2.58. The van der Waals surface area contributed by atoms with E-state index in [0.717, 1.165) is 12.8 Å². The minimum Gasteiger partial charge on any atom is -0.505 e. The van der Waals surface area contributed by atoms with Crippen molar-refractivity contribution in [1.29, 1.82) is 0 Å². The highest BCUT2D eigenvalue weighted by molar-refractivity contribution is 5.95. The second-order valence-electron chi connectivity index (χ2n) is 4.82. The van der Waals surface area contributed by atoms with Crippen molar-refractivity contribution in [2.24, 2.45) is 5.92 Å². The minimum atomic E-state index is -0.310. The second-order valence-corrected chi connectivity index (χ2v) is 4.82. The first-order chi connectivity index (χ1) is 7.50. The van der Waals surface area contributed by atoms with Crippen molar-refractivity contribution in [1.82, 2.24) is 10.3 Å². The maximum Gasteiger partial charge on any atom is 0.274 e. The molecular weight excluding hydrogens is 204 g/mol. The molecule has 2 rings (SSSR count). The molecule has 1 saturated carbocycles. The molecule has 0 radical (unpaired) electrons. The number of carbonyl (C=O) groups is 1. The van der Waals surface area contributed by atoms with Gasteiger partial charge >= 0.3 is 0 Å². The summed E-state index contributed by atoms with van der Waals surface area (Å²) in [7, 11) is 0. The summed E-state index contributed by atoms with van der Waals surface area (Å²) in [5.41, 5.74) is -0.127. The summed E-state index contributed by atoms with van der Waals surface area (Å²) in [4.78, 5) is 15.8. The zero-order valence-corrected chi connectivity index (χ0v) is 9.53. The van der Waals surface area contributed by atoms with Crippen molar-refractivity contribution in [2.45, 2.75) is 32.2 Å². The molecular formula is C12H16N2O2. The van der Waals surface area contributed by atoms with E-state index in [2.05, 4.69) is 10.3 Å². The SMILES string of the molecule is CC(C)(NC(=O)c1ncccc1O)C1CC1.